The van der Waals surface area contributed by atoms with Gasteiger partial charge in [0.1, 0.15) is 0 Å². The summed E-state index contributed by atoms with van der Waals surface area (Å²) >= 11 is 0. The lowest BCUT2D eigenvalue weighted by atomic mass is 9.93. The minimum absolute atomic E-state index is 0.920. The first-order valence-electron chi connectivity index (χ1n) is 24.2. The van der Waals surface area contributed by atoms with Crippen LogP contribution in [0.15, 0.2) is 267 Å². The zero-order chi connectivity index (χ0) is 47.2. The van der Waals surface area contributed by atoms with Gasteiger partial charge < -0.3 is 0 Å². The van der Waals surface area contributed by atoms with Gasteiger partial charge in [0.25, 0.3) is 0 Å². The maximum absolute atomic E-state index is 2.33. The second kappa shape index (κ2) is 22.3. The van der Waals surface area contributed by atoms with Crippen LogP contribution in [-0.2, 0) is 12.8 Å². The van der Waals surface area contributed by atoms with Crippen molar-refractivity contribution in [2.45, 2.75) is 12.8 Å². The Balaban J connectivity index is 0.833. The van der Waals surface area contributed by atoms with E-state index < -0.39 is 0 Å². The van der Waals surface area contributed by atoms with Gasteiger partial charge in [-0.15, -0.1) is 0 Å². The third kappa shape index (κ3) is 11.6. The van der Waals surface area contributed by atoms with Crippen LogP contribution in [0.2, 0.25) is 0 Å². The van der Waals surface area contributed by atoms with Crippen molar-refractivity contribution in [3.8, 4) is 11.1 Å². The van der Waals surface area contributed by atoms with E-state index in [-0.39, 0.29) is 0 Å². The number of benzene rings is 10. The quantitative estimate of drug-likeness (QED) is 0.0900. The van der Waals surface area contributed by atoms with Crippen LogP contribution >= 0.6 is 0 Å². The zero-order valence-electron chi connectivity index (χ0n) is 39.3. The Morgan fingerprint density at radius 3 is 0.871 bits per heavy atom. The molecule has 0 radical (unpaired) electrons. The van der Waals surface area contributed by atoms with E-state index in [4.69, 9.17) is 0 Å². The molecule has 10 aromatic carbocycles. The third-order valence-electron chi connectivity index (χ3n) is 12.9. The summed E-state index contributed by atoms with van der Waals surface area (Å²) in [5.41, 5.74) is 21.8. The van der Waals surface area contributed by atoms with E-state index in [1.165, 1.54) is 89.0 Å². The summed E-state index contributed by atoms with van der Waals surface area (Å²) in [6, 6.07) is 95.8. The van der Waals surface area contributed by atoms with E-state index in [9.17, 15) is 0 Å². The molecule has 0 amide bonds. The molecule has 0 heterocycles. The summed E-state index contributed by atoms with van der Waals surface area (Å²) in [7, 11) is 0. The summed E-state index contributed by atoms with van der Waals surface area (Å²) in [4.78, 5) is 0. The predicted octanol–water partition coefficient (Wildman–Crippen LogP) is 18.1. The standard InChI is InChI=1S/C70H54/c1-5-17-55(18-6-1)49-57-35-45-65(46-36-57)69(63-23-9-3-10-24-63)51-67-27-15-13-21-59(67)39-29-53-31-41-61(42-32-53)62-43-33-54(34-44-62)30-40-60-22-14-16-28-68(60)52-70(64-25-11-4-12-26-64)66-47-37-58(38-48-66)50-56-19-7-2-8-20-56/h1-48,51-52H,49-50H2/b39-29?,40-30?,69-51-,70-52-. The summed E-state index contributed by atoms with van der Waals surface area (Å²) in [6.07, 6.45) is 15.4. The van der Waals surface area contributed by atoms with Crippen LogP contribution in [0, 0.1) is 0 Å². The molecule has 0 nitrogen and oxygen atoms in total. The Labute approximate surface area is 414 Å². The molecule has 0 aromatic heterocycles. The highest BCUT2D eigenvalue weighted by Gasteiger charge is 2.10. The molecule has 70 heavy (non-hydrogen) atoms. The van der Waals surface area contributed by atoms with Gasteiger partial charge in [-0.3, -0.25) is 0 Å². The lowest BCUT2D eigenvalue weighted by Crippen LogP contribution is -1.92. The average Bonchev–Trinajstić information content (AvgIpc) is 3.43. The second-order valence-electron chi connectivity index (χ2n) is 17.7. The van der Waals surface area contributed by atoms with Crippen LogP contribution in [0.3, 0.4) is 0 Å². The first kappa shape index (κ1) is 45.0. The fourth-order valence-corrected chi connectivity index (χ4v) is 9.01. The lowest BCUT2D eigenvalue weighted by molar-refractivity contribution is 1.19. The largest absolute Gasteiger partial charge is 0.0622 e. The highest BCUT2D eigenvalue weighted by atomic mass is 14.1. The van der Waals surface area contributed by atoms with Gasteiger partial charge in [-0.1, -0.05) is 291 Å². The molecule has 0 unspecified atom stereocenters. The fourth-order valence-electron chi connectivity index (χ4n) is 9.01. The molecule has 0 saturated carbocycles. The Kier molecular flexibility index (Phi) is 14.3. The summed E-state index contributed by atoms with van der Waals surface area (Å²) < 4.78 is 0. The molecule has 0 N–H and O–H groups in total. The monoisotopic (exact) mass is 894 g/mol. The molecule has 0 aliphatic carbocycles. The van der Waals surface area contributed by atoms with Crippen molar-refractivity contribution in [2.24, 2.45) is 0 Å². The predicted molar refractivity (Wildman–Crippen MR) is 301 cm³/mol. The van der Waals surface area contributed by atoms with Crippen molar-refractivity contribution in [3.05, 3.63) is 345 Å². The molecule has 0 aliphatic heterocycles. The van der Waals surface area contributed by atoms with Gasteiger partial charge >= 0.3 is 0 Å². The Morgan fingerprint density at radius 2 is 0.514 bits per heavy atom. The summed E-state index contributed by atoms with van der Waals surface area (Å²) in [5, 5.41) is 0. The van der Waals surface area contributed by atoms with E-state index in [1.54, 1.807) is 0 Å². The van der Waals surface area contributed by atoms with E-state index in [2.05, 4.69) is 303 Å². The van der Waals surface area contributed by atoms with Gasteiger partial charge in [-0.2, -0.15) is 0 Å². The maximum Gasteiger partial charge on any atom is -0.00258 e. The third-order valence-corrected chi connectivity index (χ3v) is 12.9. The van der Waals surface area contributed by atoms with Crippen LogP contribution in [-0.4, -0.2) is 0 Å². The molecular weight excluding hydrogens is 841 g/mol. The molecule has 10 rings (SSSR count). The molecule has 0 spiro atoms. The average molecular weight is 895 g/mol. The Hall–Kier alpha value is -8.84. The van der Waals surface area contributed by atoms with Crippen LogP contribution < -0.4 is 0 Å². The molecule has 0 bridgehead atoms. The van der Waals surface area contributed by atoms with Crippen LogP contribution in [0.4, 0.5) is 0 Å². The molecular formula is C70H54. The van der Waals surface area contributed by atoms with Gasteiger partial charge in [0.2, 0.25) is 0 Å². The molecule has 0 heteroatoms. The van der Waals surface area contributed by atoms with Crippen molar-refractivity contribution in [3.63, 3.8) is 0 Å². The molecule has 334 valence electrons. The minimum Gasteiger partial charge on any atom is -0.0622 e. The molecule has 0 fully saturated rings. The van der Waals surface area contributed by atoms with E-state index in [1.807, 2.05) is 0 Å². The van der Waals surface area contributed by atoms with Crippen molar-refractivity contribution in [1.82, 2.24) is 0 Å². The smallest absolute Gasteiger partial charge is 0.00258 e. The van der Waals surface area contributed by atoms with Gasteiger partial charge in [-0.25, -0.2) is 0 Å². The zero-order valence-corrected chi connectivity index (χ0v) is 39.3. The van der Waals surface area contributed by atoms with E-state index >= 15 is 0 Å². The SMILES string of the molecule is C(=Cc1ccccc1/C=C(/c1ccccc1)c1ccc(Cc2ccccc2)cc1)c1ccc(-c2ccc(C=Cc3ccccc3/C=C(/c3ccccc3)c3ccc(Cc4ccccc4)cc3)cc2)cc1. The number of hydrogen-bond donors (Lipinski definition) is 0. The molecule has 10 aromatic rings. The van der Waals surface area contributed by atoms with Gasteiger partial charge in [0.05, 0.1) is 0 Å². The Bertz CT molecular complexity index is 3140. The summed E-state index contributed by atoms with van der Waals surface area (Å²) in [5.74, 6) is 0. The van der Waals surface area contributed by atoms with Crippen molar-refractivity contribution < 1.29 is 0 Å². The van der Waals surface area contributed by atoms with Gasteiger partial charge in [-0.05, 0) is 125 Å². The van der Waals surface area contributed by atoms with Crippen molar-refractivity contribution in [1.29, 1.82) is 0 Å². The molecule has 0 aliphatic rings. The highest BCUT2D eigenvalue weighted by Crippen LogP contribution is 2.31. The highest BCUT2D eigenvalue weighted by molar-refractivity contribution is 5.95. The molecule has 0 saturated heterocycles. The topological polar surface area (TPSA) is 0 Å². The normalized spacial score (nSPS) is 11.9. The first-order chi connectivity index (χ1) is 34.7. The van der Waals surface area contributed by atoms with Gasteiger partial charge in [0, 0.05) is 0 Å². The van der Waals surface area contributed by atoms with Gasteiger partial charge in [0.15, 0.2) is 0 Å². The van der Waals surface area contributed by atoms with E-state index in [0.29, 0.717) is 0 Å². The minimum atomic E-state index is 0.920. The molecule has 0 atom stereocenters. The fraction of sp³-hybridized carbons (Fsp3) is 0.0286. The number of hydrogen-bond acceptors (Lipinski definition) is 0. The Morgan fingerprint density at radius 1 is 0.229 bits per heavy atom. The first-order valence-corrected chi connectivity index (χ1v) is 24.2. The van der Waals surface area contributed by atoms with Crippen LogP contribution in [0.1, 0.15) is 77.9 Å². The van der Waals surface area contributed by atoms with Crippen LogP contribution in [0.25, 0.3) is 58.7 Å². The van der Waals surface area contributed by atoms with Crippen molar-refractivity contribution in [2.75, 3.05) is 0 Å². The lowest BCUT2D eigenvalue weighted by Gasteiger charge is -2.12. The van der Waals surface area contributed by atoms with Crippen LogP contribution in [0.5, 0.6) is 0 Å². The second-order valence-corrected chi connectivity index (χ2v) is 17.7. The number of rotatable bonds is 15. The summed E-state index contributed by atoms with van der Waals surface area (Å²) in [6.45, 7) is 0. The maximum atomic E-state index is 2.33. The van der Waals surface area contributed by atoms with Crippen molar-refractivity contribution >= 4 is 47.6 Å². The van der Waals surface area contributed by atoms with E-state index in [0.717, 1.165) is 24.0 Å².